The first-order valence-electron chi connectivity index (χ1n) is 10.1. The van der Waals surface area contributed by atoms with Crippen LogP contribution in [0.4, 0.5) is 0 Å². The number of hydrogen-bond acceptors (Lipinski definition) is 4. The highest BCUT2D eigenvalue weighted by Gasteiger charge is 2.39. The van der Waals surface area contributed by atoms with Gasteiger partial charge >= 0.3 is 0 Å². The molecule has 0 amide bonds. The number of dihydropyridines is 1. The van der Waals surface area contributed by atoms with Gasteiger partial charge in [0, 0.05) is 17.8 Å². The molecule has 0 atom stereocenters. The van der Waals surface area contributed by atoms with Crippen LogP contribution in [0, 0.1) is 6.92 Å². The number of fused-ring (bicyclic) bond motifs is 1. The predicted molar refractivity (Wildman–Crippen MR) is 109 cm³/mol. The van der Waals surface area contributed by atoms with E-state index in [1.54, 1.807) is 17.6 Å². The Bertz CT molecular complexity index is 1020. The molecule has 1 aromatic heterocycles. The van der Waals surface area contributed by atoms with Crippen LogP contribution >= 0.6 is 0 Å². The molecule has 0 radical (unpaired) electrons. The van der Waals surface area contributed by atoms with E-state index in [0.717, 1.165) is 44.1 Å². The SMILES string of the molecule is C=C1C=C(C)C2=C(N1)C(=O)c1c(c(C)cc(=O)n1C1CCCCCCC1)C2=O. The van der Waals surface area contributed by atoms with Crippen LogP contribution in [0.3, 0.4) is 0 Å². The lowest BCUT2D eigenvalue weighted by molar-refractivity contribution is 0.0958. The summed E-state index contributed by atoms with van der Waals surface area (Å²) >= 11 is 0. The van der Waals surface area contributed by atoms with Crippen molar-refractivity contribution in [2.45, 2.75) is 64.8 Å². The molecule has 0 saturated heterocycles. The van der Waals surface area contributed by atoms with Crippen molar-refractivity contribution in [2.75, 3.05) is 0 Å². The summed E-state index contributed by atoms with van der Waals surface area (Å²) in [6, 6.07) is 1.48. The second-order valence-corrected chi connectivity index (χ2v) is 8.14. The molecule has 1 saturated carbocycles. The zero-order chi connectivity index (χ0) is 20.0. The Morgan fingerprint density at radius 1 is 1.00 bits per heavy atom. The maximum Gasteiger partial charge on any atom is 0.251 e. The third kappa shape index (κ3) is 2.89. The normalized spacial score (nSPS) is 20.8. The molecule has 0 unspecified atom stereocenters. The number of aromatic nitrogens is 1. The van der Waals surface area contributed by atoms with Gasteiger partial charge in [0.1, 0.15) is 11.4 Å². The number of ketones is 2. The van der Waals surface area contributed by atoms with Crippen LogP contribution in [0.15, 0.2) is 46.1 Å². The Labute approximate surface area is 164 Å². The van der Waals surface area contributed by atoms with Crippen LogP contribution in [0.2, 0.25) is 0 Å². The summed E-state index contributed by atoms with van der Waals surface area (Å²) in [7, 11) is 0. The van der Waals surface area contributed by atoms with Crippen LogP contribution in [-0.4, -0.2) is 16.1 Å². The van der Waals surface area contributed by atoms with Crippen LogP contribution in [0.25, 0.3) is 0 Å². The summed E-state index contributed by atoms with van der Waals surface area (Å²) < 4.78 is 1.62. The predicted octanol–water partition coefficient (Wildman–Crippen LogP) is 4.14. The molecule has 2 aliphatic carbocycles. The van der Waals surface area contributed by atoms with Crippen LogP contribution in [-0.2, 0) is 0 Å². The van der Waals surface area contributed by atoms with Crippen molar-refractivity contribution in [1.29, 1.82) is 0 Å². The molecule has 3 aliphatic rings. The number of nitrogens with zero attached hydrogens (tertiary/aromatic N) is 1. The molecule has 0 spiro atoms. The number of aryl methyl sites for hydroxylation is 1. The molecule has 28 heavy (non-hydrogen) atoms. The smallest absolute Gasteiger partial charge is 0.251 e. The van der Waals surface area contributed by atoms with Gasteiger partial charge in [-0.2, -0.15) is 0 Å². The van der Waals surface area contributed by atoms with Crippen molar-refractivity contribution in [1.82, 2.24) is 9.88 Å². The van der Waals surface area contributed by atoms with Gasteiger partial charge < -0.3 is 9.88 Å². The van der Waals surface area contributed by atoms with E-state index in [1.807, 2.05) is 6.92 Å². The van der Waals surface area contributed by atoms with Crippen LogP contribution in [0.1, 0.15) is 84.3 Å². The Kier molecular flexibility index (Phi) is 4.69. The van der Waals surface area contributed by atoms with E-state index >= 15 is 0 Å². The molecule has 1 aliphatic heterocycles. The van der Waals surface area contributed by atoms with Crippen molar-refractivity contribution in [2.24, 2.45) is 0 Å². The van der Waals surface area contributed by atoms with Crippen LogP contribution < -0.4 is 10.9 Å². The summed E-state index contributed by atoms with van der Waals surface area (Å²) in [6.07, 6.45) is 9.08. The van der Waals surface area contributed by atoms with E-state index in [9.17, 15) is 14.4 Å². The van der Waals surface area contributed by atoms with E-state index in [2.05, 4.69) is 11.9 Å². The van der Waals surface area contributed by atoms with Crippen molar-refractivity contribution >= 4 is 11.6 Å². The van der Waals surface area contributed by atoms with Gasteiger partial charge in [0.05, 0.1) is 11.1 Å². The van der Waals surface area contributed by atoms with Gasteiger partial charge in [0.25, 0.3) is 5.56 Å². The van der Waals surface area contributed by atoms with Crippen molar-refractivity contribution in [3.8, 4) is 0 Å². The Morgan fingerprint density at radius 3 is 2.32 bits per heavy atom. The molecule has 1 fully saturated rings. The third-order valence-corrected chi connectivity index (χ3v) is 6.11. The monoisotopic (exact) mass is 378 g/mol. The van der Waals surface area contributed by atoms with E-state index in [4.69, 9.17) is 0 Å². The first kappa shape index (κ1) is 18.7. The number of nitrogens with one attached hydrogen (secondary N) is 1. The first-order chi connectivity index (χ1) is 13.4. The second-order valence-electron chi connectivity index (χ2n) is 8.14. The first-order valence-corrected chi connectivity index (χ1v) is 10.1. The molecule has 4 rings (SSSR count). The highest BCUT2D eigenvalue weighted by Crippen LogP contribution is 2.36. The average Bonchev–Trinajstić information content (AvgIpc) is 2.59. The summed E-state index contributed by atoms with van der Waals surface area (Å²) in [4.78, 5) is 39.9. The highest BCUT2D eigenvalue weighted by molar-refractivity contribution is 6.28. The van der Waals surface area contributed by atoms with Crippen molar-refractivity contribution < 1.29 is 9.59 Å². The molecular weight excluding hydrogens is 352 g/mol. The zero-order valence-corrected chi connectivity index (χ0v) is 16.6. The lowest BCUT2D eigenvalue weighted by atomic mass is 9.82. The molecular formula is C23H26N2O3. The summed E-state index contributed by atoms with van der Waals surface area (Å²) in [5.74, 6) is -0.462. The Hall–Kier alpha value is -2.69. The topological polar surface area (TPSA) is 68.2 Å². The number of rotatable bonds is 1. The molecule has 2 heterocycles. The highest BCUT2D eigenvalue weighted by atomic mass is 16.1. The van der Waals surface area contributed by atoms with E-state index in [-0.39, 0.29) is 34.6 Å². The Balaban J connectivity index is 1.93. The molecule has 0 bridgehead atoms. The van der Waals surface area contributed by atoms with Gasteiger partial charge in [-0.05, 0) is 43.9 Å². The number of pyridine rings is 1. The Morgan fingerprint density at radius 2 is 1.64 bits per heavy atom. The molecule has 5 heteroatoms. The van der Waals surface area contributed by atoms with Gasteiger partial charge in [0.15, 0.2) is 5.78 Å². The second kappa shape index (κ2) is 7.04. The molecule has 146 valence electrons. The largest absolute Gasteiger partial charge is 0.352 e. The summed E-state index contributed by atoms with van der Waals surface area (Å²) in [5.41, 5.74) is 2.99. The van der Waals surface area contributed by atoms with Gasteiger partial charge in [-0.15, -0.1) is 0 Å². The number of Topliss-reactive ketones (excluding diaryl/α,β-unsaturated/α-hetero) is 2. The van der Waals surface area contributed by atoms with Crippen molar-refractivity contribution in [3.05, 3.63) is 68.4 Å². The summed E-state index contributed by atoms with van der Waals surface area (Å²) in [6.45, 7) is 7.45. The number of allylic oxidation sites excluding steroid dienone is 4. The minimum atomic E-state index is -0.277. The maximum atomic E-state index is 13.5. The lowest BCUT2D eigenvalue weighted by Gasteiger charge is -2.31. The minimum Gasteiger partial charge on any atom is -0.352 e. The zero-order valence-electron chi connectivity index (χ0n) is 16.6. The quantitative estimate of drug-likeness (QED) is 0.797. The lowest BCUT2D eigenvalue weighted by Crippen LogP contribution is -2.40. The minimum absolute atomic E-state index is 0.0375. The van der Waals surface area contributed by atoms with Crippen LogP contribution in [0.5, 0.6) is 0 Å². The average molecular weight is 378 g/mol. The maximum absolute atomic E-state index is 13.5. The van der Waals surface area contributed by atoms with E-state index in [1.165, 1.54) is 12.5 Å². The fourth-order valence-corrected chi connectivity index (χ4v) is 4.81. The fraction of sp³-hybridized carbons (Fsp3) is 0.435. The van der Waals surface area contributed by atoms with Gasteiger partial charge in [-0.25, -0.2) is 0 Å². The van der Waals surface area contributed by atoms with Gasteiger partial charge in [-0.3, -0.25) is 14.4 Å². The van der Waals surface area contributed by atoms with Crippen molar-refractivity contribution in [3.63, 3.8) is 0 Å². The number of hydrogen-bond donors (Lipinski definition) is 1. The van der Waals surface area contributed by atoms with Gasteiger partial charge in [0.2, 0.25) is 5.78 Å². The number of carbonyl (C=O) groups is 2. The third-order valence-electron chi connectivity index (χ3n) is 6.11. The molecule has 5 nitrogen and oxygen atoms in total. The van der Waals surface area contributed by atoms with E-state index < -0.39 is 0 Å². The molecule has 1 N–H and O–H groups in total. The standard InChI is InChI=1S/C23H26N2O3/c1-13-11-15(3)24-20-18(13)22(27)19-14(2)12-17(26)25(21(19)23(20)28)16-9-7-5-4-6-8-10-16/h11-12,16,24H,3-10H2,1-2H3. The summed E-state index contributed by atoms with van der Waals surface area (Å²) in [5, 5.41) is 2.98. The molecule has 1 aromatic rings. The molecule has 0 aromatic carbocycles. The number of carbonyl (C=O) groups excluding carboxylic acids is 2. The van der Waals surface area contributed by atoms with E-state index in [0.29, 0.717) is 22.4 Å². The van der Waals surface area contributed by atoms with Gasteiger partial charge in [-0.1, -0.05) is 38.7 Å². The fourth-order valence-electron chi connectivity index (χ4n) is 4.81.